The molecule has 1 atom stereocenters. The second-order valence-electron chi connectivity index (χ2n) is 6.63. The highest BCUT2D eigenvalue weighted by molar-refractivity contribution is 5.98. The van der Waals surface area contributed by atoms with Gasteiger partial charge in [-0.25, -0.2) is 4.39 Å². The van der Waals surface area contributed by atoms with Crippen molar-refractivity contribution in [2.45, 2.75) is 13.0 Å². The Morgan fingerprint density at radius 1 is 1.39 bits per heavy atom. The maximum Gasteiger partial charge on any atom is 0.246 e. The molecule has 1 aliphatic heterocycles. The summed E-state index contributed by atoms with van der Waals surface area (Å²) in [5, 5.41) is 7.32. The summed E-state index contributed by atoms with van der Waals surface area (Å²) in [5.41, 5.74) is 0.794. The van der Waals surface area contributed by atoms with Crippen LogP contribution in [-0.2, 0) is 11.8 Å². The van der Waals surface area contributed by atoms with Crippen molar-refractivity contribution in [3.63, 3.8) is 0 Å². The number of hydrogen-bond acceptors (Lipinski definition) is 4. The Balaban J connectivity index is 1.53. The first-order valence-electron chi connectivity index (χ1n) is 9.13. The van der Waals surface area contributed by atoms with E-state index in [1.165, 1.54) is 6.07 Å². The van der Waals surface area contributed by atoms with Gasteiger partial charge in [0.1, 0.15) is 12.6 Å². The maximum absolute atomic E-state index is 13.7. The average Bonchev–Trinajstić information content (AvgIpc) is 3.10. The standard InChI is InChI=1S/C19H25FN6O2/c1-14(28-17-7-5-4-6-16(17)20)10-22-19(21-2)25-8-9-26(18(27)13-25)15-11-23-24(3)12-15/h4-7,11-12,14H,8-10,13H2,1-3H3,(H,21,22). The average molecular weight is 388 g/mol. The Hall–Kier alpha value is -3.10. The van der Waals surface area contributed by atoms with Gasteiger partial charge in [-0.3, -0.25) is 14.5 Å². The summed E-state index contributed by atoms with van der Waals surface area (Å²) >= 11 is 0. The van der Waals surface area contributed by atoms with Crippen LogP contribution >= 0.6 is 0 Å². The quantitative estimate of drug-likeness (QED) is 0.616. The molecule has 1 unspecified atom stereocenters. The van der Waals surface area contributed by atoms with Gasteiger partial charge in [-0.05, 0) is 19.1 Å². The minimum Gasteiger partial charge on any atom is -0.486 e. The molecule has 0 aliphatic carbocycles. The number of hydrogen-bond donors (Lipinski definition) is 1. The molecular weight excluding hydrogens is 363 g/mol. The van der Waals surface area contributed by atoms with Gasteiger partial charge < -0.3 is 19.9 Å². The predicted molar refractivity (Wildman–Crippen MR) is 105 cm³/mol. The second-order valence-corrected chi connectivity index (χ2v) is 6.63. The number of nitrogens with zero attached hydrogens (tertiary/aromatic N) is 5. The van der Waals surface area contributed by atoms with E-state index in [0.29, 0.717) is 25.6 Å². The molecule has 0 bridgehead atoms. The number of rotatable bonds is 5. The second kappa shape index (κ2) is 8.73. The summed E-state index contributed by atoms with van der Waals surface area (Å²) in [5.74, 6) is 0.420. The van der Waals surface area contributed by atoms with Crippen molar-refractivity contribution in [3.05, 3.63) is 42.5 Å². The van der Waals surface area contributed by atoms with Crippen LogP contribution in [0.4, 0.5) is 10.1 Å². The Kier molecular flexibility index (Phi) is 6.13. The molecule has 1 amide bonds. The molecule has 0 saturated carbocycles. The molecule has 1 fully saturated rings. The molecule has 2 heterocycles. The fourth-order valence-electron chi connectivity index (χ4n) is 3.04. The van der Waals surface area contributed by atoms with Crippen LogP contribution < -0.4 is 15.0 Å². The molecule has 0 spiro atoms. The summed E-state index contributed by atoms with van der Waals surface area (Å²) in [4.78, 5) is 20.4. The van der Waals surface area contributed by atoms with Gasteiger partial charge in [-0.1, -0.05) is 12.1 Å². The molecule has 1 aromatic heterocycles. The fourth-order valence-corrected chi connectivity index (χ4v) is 3.04. The molecule has 28 heavy (non-hydrogen) atoms. The minimum atomic E-state index is -0.393. The van der Waals surface area contributed by atoms with E-state index in [0.717, 1.165) is 5.69 Å². The lowest BCUT2D eigenvalue weighted by Gasteiger charge is -2.35. The third kappa shape index (κ3) is 4.59. The molecule has 1 saturated heterocycles. The van der Waals surface area contributed by atoms with Crippen molar-refractivity contribution in [3.8, 4) is 5.75 Å². The zero-order valence-corrected chi connectivity index (χ0v) is 16.3. The Morgan fingerprint density at radius 2 is 2.18 bits per heavy atom. The third-order valence-corrected chi connectivity index (χ3v) is 4.45. The number of piperazine rings is 1. The first kappa shape index (κ1) is 19.7. The van der Waals surface area contributed by atoms with Gasteiger partial charge in [0.05, 0.1) is 18.4 Å². The van der Waals surface area contributed by atoms with E-state index in [2.05, 4.69) is 15.4 Å². The topological polar surface area (TPSA) is 75.0 Å². The first-order chi connectivity index (χ1) is 13.5. The minimum absolute atomic E-state index is 0.0159. The van der Waals surface area contributed by atoms with Gasteiger partial charge in [-0.2, -0.15) is 5.10 Å². The molecule has 8 nitrogen and oxygen atoms in total. The van der Waals surface area contributed by atoms with Crippen molar-refractivity contribution >= 4 is 17.6 Å². The van der Waals surface area contributed by atoms with Crippen molar-refractivity contribution in [2.75, 3.05) is 38.1 Å². The van der Waals surface area contributed by atoms with Crippen LogP contribution in [0.15, 0.2) is 41.7 Å². The van der Waals surface area contributed by atoms with Gasteiger partial charge in [0.25, 0.3) is 0 Å². The van der Waals surface area contributed by atoms with Gasteiger partial charge in [0.2, 0.25) is 5.91 Å². The molecule has 3 rings (SSSR count). The Bertz CT molecular complexity index is 852. The molecule has 1 aliphatic rings. The van der Waals surface area contributed by atoms with Crippen LogP contribution in [0.3, 0.4) is 0 Å². The van der Waals surface area contributed by atoms with Crippen LogP contribution in [0.2, 0.25) is 0 Å². The van der Waals surface area contributed by atoms with Gasteiger partial charge in [-0.15, -0.1) is 0 Å². The van der Waals surface area contributed by atoms with Crippen molar-refractivity contribution in [2.24, 2.45) is 12.0 Å². The zero-order chi connectivity index (χ0) is 20.1. The summed E-state index contributed by atoms with van der Waals surface area (Å²) in [6.45, 7) is 3.68. The molecular formula is C19H25FN6O2. The van der Waals surface area contributed by atoms with Crippen LogP contribution in [0.5, 0.6) is 5.75 Å². The number of guanidine groups is 1. The Labute approximate surface area is 163 Å². The van der Waals surface area contributed by atoms with Crippen molar-refractivity contribution in [1.29, 1.82) is 0 Å². The Morgan fingerprint density at radius 3 is 2.82 bits per heavy atom. The van der Waals surface area contributed by atoms with Crippen LogP contribution in [-0.4, -0.2) is 65.9 Å². The number of aromatic nitrogens is 2. The van der Waals surface area contributed by atoms with E-state index < -0.39 is 5.82 Å². The highest BCUT2D eigenvalue weighted by Gasteiger charge is 2.27. The SMILES string of the molecule is CN=C(NCC(C)Oc1ccccc1F)N1CCN(c2cnn(C)c2)C(=O)C1. The van der Waals surface area contributed by atoms with E-state index in [1.807, 2.05) is 25.1 Å². The van der Waals surface area contributed by atoms with Crippen LogP contribution in [0, 0.1) is 5.82 Å². The lowest BCUT2D eigenvalue weighted by Crippen LogP contribution is -2.56. The van der Waals surface area contributed by atoms with Crippen molar-refractivity contribution < 1.29 is 13.9 Å². The lowest BCUT2D eigenvalue weighted by molar-refractivity contribution is -0.120. The normalized spacial score (nSPS) is 16.3. The summed E-state index contributed by atoms with van der Waals surface area (Å²) in [6, 6.07) is 6.30. The van der Waals surface area contributed by atoms with Gasteiger partial charge in [0.15, 0.2) is 17.5 Å². The number of para-hydroxylation sites is 1. The number of aliphatic imine (C=N–C) groups is 1. The molecule has 0 radical (unpaired) electrons. The van der Waals surface area contributed by atoms with E-state index in [1.54, 1.807) is 41.0 Å². The number of ether oxygens (including phenoxy) is 1. The smallest absolute Gasteiger partial charge is 0.246 e. The fraction of sp³-hybridized carbons (Fsp3) is 0.421. The highest BCUT2D eigenvalue weighted by Crippen LogP contribution is 2.17. The summed E-state index contributed by atoms with van der Waals surface area (Å²) < 4.78 is 21.0. The molecule has 9 heteroatoms. The monoisotopic (exact) mass is 388 g/mol. The van der Waals surface area contributed by atoms with E-state index >= 15 is 0 Å². The number of amides is 1. The van der Waals surface area contributed by atoms with Gasteiger partial charge in [0, 0.05) is 33.4 Å². The summed E-state index contributed by atoms with van der Waals surface area (Å²) in [6.07, 6.45) is 3.23. The number of halogens is 1. The predicted octanol–water partition coefficient (Wildman–Crippen LogP) is 1.25. The van der Waals surface area contributed by atoms with E-state index in [-0.39, 0.29) is 24.3 Å². The van der Waals surface area contributed by atoms with Crippen LogP contribution in [0.1, 0.15) is 6.92 Å². The van der Waals surface area contributed by atoms with Crippen molar-refractivity contribution in [1.82, 2.24) is 20.0 Å². The molecule has 1 N–H and O–H groups in total. The third-order valence-electron chi connectivity index (χ3n) is 4.45. The zero-order valence-electron chi connectivity index (χ0n) is 16.3. The largest absolute Gasteiger partial charge is 0.486 e. The molecule has 1 aromatic carbocycles. The summed E-state index contributed by atoms with van der Waals surface area (Å²) in [7, 11) is 3.49. The highest BCUT2D eigenvalue weighted by atomic mass is 19.1. The number of anilines is 1. The number of carbonyl (C=O) groups excluding carboxylic acids is 1. The van der Waals surface area contributed by atoms with E-state index in [4.69, 9.17) is 4.74 Å². The number of carbonyl (C=O) groups is 1. The molecule has 2 aromatic rings. The number of aryl methyl sites for hydroxylation is 1. The van der Waals surface area contributed by atoms with Crippen LogP contribution in [0.25, 0.3) is 0 Å². The first-order valence-corrected chi connectivity index (χ1v) is 9.13. The van der Waals surface area contributed by atoms with E-state index in [9.17, 15) is 9.18 Å². The molecule has 150 valence electrons. The number of benzene rings is 1. The maximum atomic E-state index is 13.7. The lowest BCUT2D eigenvalue weighted by atomic mass is 10.3. The van der Waals surface area contributed by atoms with Gasteiger partial charge >= 0.3 is 0 Å². The number of nitrogens with one attached hydrogen (secondary N) is 1.